The van der Waals surface area contributed by atoms with Gasteiger partial charge in [0.25, 0.3) is 0 Å². The number of hydrogen-bond acceptors (Lipinski definition) is 3. The molecule has 0 unspecified atom stereocenters. The standard InChI is InChI=1S/C15H19NO3/c1-9(2)16-12-8-10(13(17)19-5)6-7-11(12)15(3,4)14(16)18/h6-9H,1-5H3. The number of ether oxygens (including phenoxy) is 1. The first kappa shape index (κ1) is 13.6. The Bertz CT molecular complexity index is 546. The molecular formula is C15H19NO3. The van der Waals surface area contributed by atoms with Gasteiger partial charge in [0.2, 0.25) is 5.91 Å². The fourth-order valence-corrected chi connectivity index (χ4v) is 2.54. The van der Waals surface area contributed by atoms with Crippen LogP contribution in [0.3, 0.4) is 0 Å². The molecule has 1 aromatic carbocycles. The monoisotopic (exact) mass is 261 g/mol. The van der Waals surface area contributed by atoms with E-state index in [1.54, 1.807) is 17.0 Å². The quantitative estimate of drug-likeness (QED) is 0.768. The Morgan fingerprint density at radius 3 is 2.47 bits per heavy atom. The number of benzene rings is 1. The van der Waals surface area contributed by atoms with E-state index in [4.69, 9.17) is 4.74 Å². The highest BCUT2D eigenvalue weighted by molar-refractivity contribution is 6.09. The Balaban J connectivity index is 2.60. The molecule has 1 aromatic rings. The van der Waals surface area contributed by atoms with Gasteiger partial charge in [-0.15, -0.1) is 0 Å². The number of methoxy groups -OCH3 is 1. The lowest BCUT2D eigenvalue weighted by Crippen LogP contribution is -2.40. The van der Waals surface area contributed by atoms with Crippen molar-refractivity contribution in [1.82, 2.24) is 0 Å². The van der Waals surface area contributed by atoms with Gasteiger partial charge in [0.05, 0.1) is 18.1 Å². The number of esters is 1. The van der Waals surface area contributed by atoms with Crippen LogP contribution in [0.25, 0.3) is 0 Å². The van der Waals surface area contributed by atoms with E-state index in [1.807, 2.05) is 33.8 Å². The number of fused-ring (bicyclic) bond motifs is 1. The highest BCUT2D eigenvalue weighted by atomic mass is 16.5. The van der Waals surface area contributed by atoms with E-state index >= 15 is 0 Å². The minimum atomic E-state index is -0.547. The van der Waals surface area contributed by atoms with Gasteiger partial charge in [0.15, 0.2) is 0 Å². The van der Waals surface area contributed by atoms with E-state index in [2.05, 4.69) is 0 Å². The van der Waals surface area contributed by atoms with Crippen LogP contribution >= 0.6 is 0 Å². The van der Waals surface area contributed by atoms with Crippen LogP contribution in [0, 0.1) is 0 Å². The Morgan fingerprint density at radius 1 is 1.32 bits per heavy atom. The van der Waals surface area contributed by atoms with Crippen molar-refractivity contribution in [3.8, 4) is 0 Å². The van der Waals surface area contributed by atoms with Crippen molar-refractivity contribution < 1.29 is 14.3 Å². The first-order chi connectivity index (χ1) is 8.80. The summed E-state index contributed by atoms with van der Waals surface area (Å²) in [6.07, 6.45) is 0. The Kier molecular flexibility index (Phi) is 3.12. The third-order valence-corrected chi connectivity index (χ3v) is 3.62. The minimum Gasteiger partial charge on any atom is -0.465 e. The van der Waals surface area contributed by atoms with Gasteiger partial charge in [0.1, 0.15) is 0 Å². The van der Waals surface area contributed by atoms with Crippen LogP contribution in [0.2, 0.25) is 0 Å². The summed E-state index contributed by atoms with van der Waals surface area (Å²) < 4.78 is 4.73. The van der Waals surface area contributed by atoms with Crippen molar-refractivity contribution >= 4 is 17.6 Å². The molecule has 2 rings (SSSR count). The number of hydrogen-bond donors (Lipinski definition) is 0. The molecule has 0 aliphatic carbocycles. The molecule has 19 heavy (non-hydrogen) atoms. The van der Waals surface area contributed by atoms with Gasteiger partial charge >= 0.3 is 5.97 Å². The molecule has 1 amide bonds. The predicted molar refractivity (Wildman–Crippen MR) is 73.4 cm³/mol. The number of rotatable bonds is 2. The first-order valence-corrected chi connectivity index (χ1v) is 6.37. The molecule has 0 saturated heterocycles. The number of carbonyl (C=O) groups is 2. The van der Waals surface area contributed by atoms with Gasteiger partial charge < -0.3 is 9.64 Å². The van der Waals surface area contributed by atoms with Crippen molar-refractivity contribution in [2.24, 2.45) is 0 Å². The number of nitrogens with zero attached hydrogens (tertiary/aromatic N) is 1. The van der Waals surface area contributed by atoms with Crippen molar-refractivity contribution in [2.45, 2.75) is 39.2 Å². The number of anilines is 1. The molecule has 4 heteroatoms. The van der Waals surface area contributed by atoms with Gasteiger partial charge in [-0.2, -0.15) is 0 Å². The predicted octanol–water partition coefficient (Wildman–Crippen LogP) is 2.51. The Hall–Kier alpha value is -1.84. The van der Waals surface area contributed by atoms with Crippen LogP contribution < -0.4 is 4.90 Å². The second kappa shape index (κ2) is 4.37. The zero-order valence-electron chi connectivity index (χ0n) is 12.0. The molecule has 0 N–H and O–H groups in total. The third kappa shape index (κ3) is 1.91. The first-order valence-electron chi connectivity index (χ1n) is 6.37. The van der Waals surface area contributed by atoms with Crippen molar-refractivity contribution in [2.75, 3.05) is 12.0 Å². The molecule has 0 saturated carbocycles. The van der Waals surface area contributed by atoms with Crippen LogP contribution in [0.4, 0.5) is 5.69 Å². The lowest BCUT2D eigenvalue weighted by molar-refractivity contribution is -0.122. The van der Waals surface area contributed by atoms with E-state index < -0.39 is 5.41 Å². The average Bonchev–Trinajstić information content (AvgIpc) is 2.56. The lowest BCUT2D eigenvalue weighted by Gasteiger charge is -2.24. The molecule has 0 fully saturated rings. The molecule has 102 valence electrons. The summed E-state index contributed by atoms with van der Waals surface area (Å²) in [4.78, 5) is 25.8. The zero-order valence-corrected chi connectivity index (χ0v) is 12.0. The molecule has 0 atom stereocenters. The Morgan fingerprint density at radius 2 is 1.95 bits per heavy atom. The fourth-order valence-electron chi connectivity index (χ4n) is 2.54. The number of amides is 1. The maximum Gasteiger partial charge on any atom is 0.337 e. The molecule has 0 aromatic heterocycles. The zero-order chi connectivity index (χ0) is 14.4. The second-order valence-corrected chi connectivity index (χ2v) is 5.62. The molecule has 1 aliphatic heterocycles. The molecule has 1 heterocycles. The Labute approximate surface area is 113 Å². The van der Waals surface area contributed by atoms with Crippen molar-refractivity contribution in [3.05, 3.63) is 29.3 Å². The fraction of sp³-hybridized carbons (Fsp3) is 0.467. The van der Waals surface area contributed by atoms with E-state index in [-0.39, 0.29) is 17.9 Å². The number of carbonyl (C=O) groups excluding carboxylic acids is 2. The maximum atomic E-state index is 12.5. The highest BCUT2D eigenvalue weighted by Crippen LogP contribution is 2.42. The van der Waals surface area contributed by atoms with Gasteiger partial charge in [-0.1, -0.05) is 6.07 Å². The molecule has 0 bridgehead atoms. The van der Waals surface area contributed by atoms with Gasteiger partial charge in [0, 0.05) is 11.7 Å². The minimum absolute atomic E-state index is 0.0564. The van der Waals surface area contributed by atoms with Crippen LogP contribution in [-0.4, -0.2) is 25.0 Å². The summed E-state index contributed by atoms with van der Waals surface area (Å²) in [6.45, 7) is 7.75. The van der Waals surface area contributed by atoms with Crippen LogP contribution in [0.5, 0.6) is 0 Å². The summed E-state index contributed by atoms with van der Waals surface area (Å²) >= 11 is 0. The molecular weight excluding hydrogens is 242 g/mol. The lowest BCUT2D eigenvalue weighted by atomic mass is 9.86. The van der Waals surface area contributed by atoms with E-state index in [0.717, 1.165) is 11.3 Å². The smallest absolute Gasteiger partial charge is 0.337 e. The highest BCUT2D eigenvalue weighted by Gasteiger charge is 2.44. The summed E-state index contributed by atoms with van der Waals surface area (Å²) in [7, 11) is 1.35. The second-order valence-electron chi connectivity index (χ2n) is 5.62. The van der Waals surface area contributed by atoms with E-state index in [0.29, 0.717) is 5.56 Å². The molecule has 1 aliphatic rings. The topological polar surface area (TPSA) is 46.6 Å². The molecule has 0 radical (unpaired) electrons. The molecule has 0 spiro atoms. The van der Waals surface area contributed by atoms with Crippen molar-refractivity contribution in [3.63, 3.8) is 0 Å². The largest absolute Gasteiger partial charge is 0.465 e. The SMILES string of the molecule is COC(=O)c1ccc2c(c1)N(C(C)C)C(=O)C2(C)C. The van der Waals surface area contributed by atoms with Gasteiger partial charge in [-0.25, -0.2) is 4.79 Å². The van der Waals surface area contributed by atoms with Crippen LogP contribution in [0.1, 0.15) is 43.6 Å². The van der Waals surface area contributed by atoms with E-state index in [1.165, 1.54) is 7.11 Å². The maximum absolute atomic E-state index is 12.5. The van der Waals surface area contributed by atoms with Crippen LogP contribution in [-0.2, 0) is 14.9 Å². The summed E-state index contributed by atoms with van der Waals surface area (Å²) in [5.41, 5.74) is 1.69. The molecule has 4 nitrogen and oxygen atoms in total. The third-order valence-electron chi connectivity index (χ3n) is 3.62. The van der Waals surface area contributed by atoms with Crippen LogP contribution in [0.15, 0.2) is 18.2 Å². The average molecular weight is 261 g/mol. The van der Waals surface area contributed by atoms with Crippen molar-refractivity contribution in [1.29, 1.82) is 0 Å². The van der Waals surface area contributed by atoms with Gasteiger partial charge in [-0.05, 0) is 45.4 Å². The van der Waals surface area contributed by atoms with Gasteiger partial charge in [-0.3, -0.25) is 4.79 Å². The summed E-state index contributed by atoms with van der Waals surface area (Å²) in [5, 5.41) is 0. The summed E-state index contributed by atoms with van der Waals surface area (Å²) in [5.74, 6) is -0.317. The normalized spacial score (nSPS) is 16.7. The summed E-state index contributed by atoms with van der Waals surface area (Å²) in [6, 6.07) is 5.36. The van der Waals surface area contributed by atoms with E-state index in [9.17, 15) is 9.59 Å².